The normalized spacial score (nSPS) is 12.6. The summed E-state index contributed by atoms with van der Waals surface area (Å²) >= 11 is 0. The number of nitrogens with one attached hydrogen (secondary N) is 3. The highest BCUT2D eigenvalue weighted by Gasteiger charge is 2.19. The highest BCUT2D eigenvalue weighted by Crippen LogP contribution is 2.22. The van der Waals surface area contributed by atoms with E-state index in [0.717, 1.165) is 18.2 Å². The summed E-state index contributed by atoms with van der Waals surface area (Å²) in [5, 5.41) is 23.3. The lowest BCUT2D eigenvalue weighted by Crippen LogP contribution is -2.33. The lowest BCUT2D eigenvalue weighted by Gasteiger charge is -2.14. The second kappa shape index (κ2) is 13.4. The third-order valence-corrected chi connectivity index (χ3v) is 8.06. The largest absolute Gasteiger partial charge is 0.369 e. The molecule has 0 aliphatic carbocycles. The zero-order valence-corrected chi connectivity index (χ0v) is 24.4. The molecule has 0 atom stereocenters. The summed E-state index contributed by atoms with van der Waals surface area (Å²) in [5.41, 5.74) is 5.46. The van der Waals surface area contributed by atoms with Crippen molar-refractivity contribution in [2.45, 2.75) is 14.7 Å². The van der Waals surface area contributed by atoms with Crippen LogP contribution >= 0.6 is 0 Å². The van der Waals surface area contributed by atoms with E-state index in [1.807, 2.05) is 0 Å². The summed E-state index contributed by atoms with van der Waals surface area (Å²) in [6.07, 6.45) is 0. The molecule has 0 heterocycles. The smallest absolute Gasteiger partial charge is 0.294 e. The van der Waals surface area contributed by atoms with Crippen molar-refractivity contribution in [2.24, 2.45) is 15.7 Å². The Morgan fingerprint density at radius 3 is 1.98 bits per heavy atom. The maximum atomic E-state index is 12.6. The van der Waals surface area contributed by atoms with Gasteiger partial charge in [-0.1, -0.05) is 6.58 Å². The maximum Gasteiger partial charge on any atom is 0.294 e. The van der Waals surface area contributed by atoms with Gasteiger partial charge < -0.3 is 21.3 Å². The predicted octanol–water partition coefficient (Wildman–Crippen LogP) is -0.393. The van der Waals surface area contributed by atoms with Crippen LogP contribution < -0.4 is 21.1 Å². The number of nitrogens with zero attached hydrogens (tertiary/aromatic N) is 5. The molecule has 224 valence electrons. The van der Waals surface area contributed by atoms with Crippen LogP contribution in [0.25, 0.3) is 0 Å². The average molecular weight is 640 g/mol. The van der Waals surface area contributed by atoms with Crippen LogP contribution in [-0.2, 0) is 30.3 Å². The van der Waals surface area contributed by atoms with Gasteiger partial charge in [0.15, 0.2) is 5.96 Å². The van der Waals surface area contributed by atoms with Crippen LogP contribution in [0.5, 0.6) is 0 Å². The van der Waals surface area contributed by atoms with Gasteiger partial charge in [-0.3, -0.25) is 9.11 Å². The summed E-state index contributed by atoms with van der Waals surface area (Å²) in [5.74, 6) is -0.561. The summed E-state index contributed by atoms with van der Waals surface area (Å²) in [7, 11) is -10.8. The standard InChI is InChI=1S/C22H25N9O8S3/c1-14(26-6-7-27-40(32,33)18-5-4-15(12-23)16(8-18)13-24)28-22(30-21(25)31(2)3)29-17-9-19(41(34,35)36)11-20(10-17)42(37,38)39/h4-5,8-11,26-27H,1,6-7H2,2-3H3,(H,34,35,36)(H,37,38,39)(H3,25,28,29,30). The van der Waals surface area contributed by atoms with Crippen LogP contribution in [0.1, 0.15) is 11.1 Å². The molecule has 2 aromatic rings. The molecule has 42 heavy (non-hydrogen) atoms. The van der Waals surface area contributed by atoms with Crippen LogP contribution in [-0.4, -0.2) is 78.4 Å². The van der Waals surface area contributed by atoms with E-state index in [4.69, 9.17) is 16.3 Å². The van der Waals surface area contributed by atoms with E-state index in [1.54, 1.807) is 26.2 Å². The Balaban J connectivity index is 2.26. The monoisotopic (exact) mass is 639 g/mol. The second-order valence-corrected chi connectivity index (χ2v) is 12.9. The van der Waals surface area contributed by atoms with Crippen molar-refractivity contribution in [3.05, 3.63) is 59.9 Å². The fourth-order valence-electron chi connectivity index (χ4n) is 2.88. The average Bonchev–Trinajstić information content (AvgIpc) is 2.89. The number of nitrogens with two attached hydrogens (primary N) is 1. The summed E-state index contributed by atoms with van der Waals surface area (Å²) in [6.45, 7) is 3.41. The van der Waals surface area contributed by atoms with Gasteiger partial charge in [0.05, 0.1) is 25.8 Å². The number of anilines is 1. The Hall–Kier alpha value is -4.57. The van der Waals surface area contributed by atoms with E-state index in [-0.39, 0.29) is 52.5 Å². The molecule has 20 heteroatoms. The molecule has 7 N–H and O–H groups in total. The highest BCUT2D eigenvalue weighted by molar-refractivity contribution is 7.89. The van der Waals surface area contributed by atoms with Crippen LogP contribution in [0.4, 0.5) is 5.69 Å². The Bertz CT molecular complexity index is 1810. The lowest BCUT2D eigenvalue weighted by molar-refractivity contribution is 0.481. The number of nitriles is 2. The van der Waals surface area contributed by atoms with E-state index < -0.39 is 40.1 Å². The number of rotatable bonds is 10. The van der Waals surface area contributed by atoms with E-state index in [9.17, 15) is 34.4 Å². The van der Waals surface area contributed by atoms with Crippen LogP contribution in [0.2, 0.25) is 0 Å². The van der Waals surface area contributed by atoms with Crippen molar-refractivity contribution in [3.8, 4) is 12.1 Å². The van der Waals surface area contributed by atoms with Crippen LogP contribution in [0, 0.1) is 22.7 Å². The van der Waals surface area contributed by atoms with E-state index in [2.05, 4.69) is 31.9 Å². The number of benzene rings is 2. The van der Waals surface area contributed by atoms with Gasteiger partial charge >= 0.3 is 0 Å². The number of hydrogen-bond acceptors (Lipinski definition) is 10. The van der Waals surface area contributed by atoms with Gasteiger partial charge in [0, 0.05) is 32.9 Å². The third kappa shape index (κ3) is 9.52. The Morgan fingerprint density at radius 2 is 1.48 bits per heavy atom. The molecule has 0 aromatic heterocycles. The summed E-state index contributed by atoms with van der Waals surface area (Å²) in [4.78, 5) is 7.48. The van der Waals surface area contributed by atoms with Crippen molar-refractivity contribution >= 4 is 47.9 Å². The summed E-state index contributed by atoms with van der Waals surface area (Å²) in [6, 6.07) is 9.20. The minimum atomic E-state index is -4.90. The van der Waals surface area contributed by atoms with Gasteiger partial charge in [0.2, 0.25) is 16.0 Å². The molecule has 2 aromatic carbocycles. The van der Waals surface area contributed by atoms with Gasteiger partial charge in [-0.15, -0.1) is 0 Å². The molecule has 0 aliphatic heterocycles. The van der Waals surface area contributed by atoms with Crippen molar-refractivity contribution in [1.82, 2.24) is 14.9 Å². The topological polar surface area (TPSA) is 281 Å². The number of aliphatic imine (C=N–C) groups is 2. The van der Waals surface area contributed by atoms with Crippen LogP contribution in [0.15, 0.2) is 73.5 Å². The molecular formula is C22H25N9O8S3. The molecule has 17 nitrogen and oxygen atoms in total. The zero-order chi connectivity index (χ0) is 31.9. The number of hydrogen-bond donors (Lipinski definition) is 6. The van der Waals surface area contributed by atoms with Crippen LogP contribution in [0.3, 0.4) is 0 Å². The lowest BCUT2D eigenvalue weighted by atomic mass is 10.1. The second-order valence-electron chi connectivity index (χ2n) is 8.27. The Kier molecular flexibility index (Phi) is 10.7. The predicted molar refractivity (Wildman–Crippen MR) is 151 cm³/mol. The first-order valence-electron chi connectivity index (χ1n) is 11.2. The van der Waals surface area contributed by atoms with E-state index >= 15 is 0 Å². The number of sulfonamides is 1. The molecule has 0 unspecified atom stereocenters. The minimum absolute atomic E-state index is 0.0215. The molecule has 0 aliphatic rings. The van der Waals surface area contributed by atoms with Gasteiger partial charge in [0.25, 0.3) is 20.2 Å². The van der Waals surface area contributed by atoms with E-state index in [1.165, 1.54) is 17.0 Å². The quantitative estimate of drug-likeness (QED) is 0.0835. The molecule has 0 saturated carbocycles. The molecule has 0 radical (unpaired) electrons. The van der Waals surface area contributed by atoms with Crippen molar-refractivity contribution in [1.29, 1.82) is 10.5 Å². The third-order valence-electron chi connectivity index (χ3n) is 4.94. The molecule has 0 saturated heterocycles. The van der Waals surface area contributed by atoms with Crippen molar-refractivity contribution in [3.63, 3.8) is 0 Å². The molecule has 0 amide bonds. The first kappa shape index (κ1) is 33.6. The Labute approximate surface area is 242 Å². The SMILES string of the molecule is C=C(/N=C(\N=C(/N)N(C)C)Nc1cc(S(=O)(=O)O)cc(S(=O)(=O)O)c1)NCCNS(=O)(=O)c1ccc(C#N)c(C#N)c1. The highest BCUT2D eigenvalue weighted by atomic mass is 32.2. The van der Waals surface area contributed by atoms with Gasteiger partial charge in [-0.25, -0.2) is 13.1 Å². The molecule has 0 fully saturated rings. The molecule has 0 spiro atoms. The first-order chi connectivity index (χ1) is 19.4. The van der Waals surface area contributed by atoms with Crippen molar-refractivity contribution < 1.29 is 34.4 Å². The molecule has 0 bridgehead atoms. The van der Waals surface area contributed by atoms with Crippen molar-refractivity contribution in [2.75, 3.05) is 32.5 Å². The molecule has 2 rings (SSSR count). The fraction of sp³-hybridized carbons (Fsp3) is 0.182. The minimum Gasteiger partial charge on any atom is -0.369 e. The first-order valence-corrected chi connectivity index (χ1v) is 15.6. The fourth-order valence-corrected chi connectivity index (χ4v) is 5.12. The maximum absolute atomic E-state index is 12.6. The number of guanidine groups is 2. The van der Waals surface area contributed by atoms with Gasteiger partial charge in [-0.05, 0) is 36.4 Å². The molecular weight excluding hydrogens is 614 g/mol. The van der Waals surface area contributed by atoms with E-state index in [0.29, 0.717) is 6.07 Å². The van der Waals surface area contributed by atoms with Gasteiger partial charge in [0.1, 0.15) is 18.0 Å². The zero-order valence-electron chi connectivity index (χ0n) is 22.0. The van der Waals surface area contributed by atoms with Gasteiger partial charge in [-0.2, -0.15) is 37.3 Å². The summed E-state index contributed by atoms with van der Waals surface area (Å²) < 4.78 is 92.7. The Morgan fingerprint density at radius 1 is 0.905 bits per heavy atom.